The van der Waals surface area contributed by atoms with Crippen molar-refractivity contribution in [2.24, 2.45) is 0 Å². The number of hydrogen-bond donors (Lipinski definition) is 0. The van der Waals surface area contributed by atoms with E-state index in [4.69, 9.17) is 0 Å². The Balaban J connectivity index is 3.08. The SMILES string of the molecule is CCCC(=C=O)C(=C=O)N1C(=O)CCC1=O. The van der Waals surface area contributed by atoms with E-state index in [1.54, 1.807) is 5.94 Å². The van der Waals surface area contributed by atoms with E-state index in [1.165, 1.54) is 5.94 Å². The first kappa shape index (κ1) is 12.1. The molecule has 16 heavy (non-hydrogen) atoms. The Morgan fingerprint density at radius 3 is 2.12 bits per heavy atom. The second-order valence-corrected chi connectivity index (χ2v) is 3.40. The van der Waals surface area contributed by atoms with Gasteiger partial charge in [-0.3, -0.25) is 9.59 Å². The number of rotatable bonds is 4. The molecule has 0 spiro atoms. The fourth-order valence-corrected chi connectivity index (χ4v) is 1.54. The van der Waals surface area contributed by atoms with Crippen LogP contribution in [0.5, 0.6) is 0 Å². The maximum atomic E-state index is 11.4. The highest BCUT2D eigenvalue weighted by molar-refractivity contribution is 6.06. The molecule has 2 amide bonds. The van der Waals surface area contributed by atoms with Gasteiger partial charge in [0.15, 0.2) is 11.6 Å². The average molecular weight is 221 g/mol. The zero-order valence-corrected chi connectivity index (χ0v) is 8.91. The molecule has 5 nitrogen and oxygen atoms in total. The first-order chi connectivity index (χ1) is 7.65. The van der Waals surface area contributed by atoms with Crippen LogP contribution in [-0.4, -0.2) is 28.6 Å². The van der Waals surface area contributed by atoms with Gasteiger partial charge in [0.05, 0.1) is 5.57 Å². The summed E-state index contributed by atoms with van der Waals surface area (Å²) in [7, 11) is 0. The van der Waals surface area contributed by atoms with Crippen molar-refractivity contribution >= 4 is 23.7 Å². The predicted octanol–water partition coefficient (Wildman–Crippen LogP) is 0.409. The molecule has 1 saturated heterocycles. The minimum absolute atomic E-state index is 0.0288. The van der Waals surface area contributed by atoms with Gasteiger partial charge in [-0.1, -0.05) is 13.3 Å². The molecule has 0 aromatic rings. The van der Waals surface area contributed by atoms with Crippen LogP contribution in [0.4, 0.5) is 0 Å². The summed E-state index contributed by atoms with van der Waals surface area (Å²) in [4.78, 5) is 44.9. The molecule has 0 aliphatic carbocycles. The van der Waals surface area contributed by atoms with Crippen LogP contribution in [-0.2, 0) is 19.2 Å². The van der Waals surface area contributed by atoms with E-state index in [2.05, 4.69) is 0 Å². The van der Waals surface area contributed by atoms with Gasteiger partial charge in [-0.05, 0) is 6.42 Å². The van der Waals surface area contributed by atoms with E-state index in [1.807, 2.05) is 6.92 Å². The van der Waals surface area contributed by atoms with E-state index >= 15 is 0 Å². The van der Waals surface area contributed by atoms with E-state index in [0.29, 0.717) is 12.8 Å². The maximum Gasteiger partial charge on any atom is 0.234 e. The first-order valence-corrected chi connectivity index (χ1v) is 5.01. The second kappa shape index (κ2) is 5.21. The Hall–Kier alpha value is -1.96. The monoisotopic (exact) mass is 221 g/mol. The Morgan fingerprint density at radius 1 is 1.19 bits per heavy atom. The lowest BCUT2D eigenvalue weighted by molar-refractivity contribution is -0.135. The zero-order chi connectivity index (χ0) is 12.1. The van der Waals surface area contributed by atoms with Gasteiger partial charge in [-0.15, -0.1) is 0 Å². The molecule has 0 atom stereocenters. The number of imide groups is 1. The summed E-state index contributed by atoms with van der Waals surface area (Å²) in [6, 6.07) is 0. The summed E-state index contributed by atoms with van der Waals surface area (Å²) >= 11 is 0. The Bertz CT molecular complexity index is 409. The van der Waals surface area contributed by atoms with Crippen molar-refractivity contribution in [1.29, 1.82) is 0 Å². The molecule has 0 aromatic heterocycles. The van der Waals surface area contributed by atoms with Gasteiger partial charge in [-0.2, -0.15) is 0 Å². The third kappa shape index (κ3) is 2.16. The maximum absolute atomic E-state index is 11.4. The lowest BCUT2D eigenvalue weighted by atomic mass is 10.1. The van der Waals surface area contributed by atoms with Gasteiger partial charge in [0.25, 0.3) is 0 Å². The molecule has 84 valence electrons. The van der Waals surface area contributed by atoms with Crippen LogP contribution >= 0.6 is 0 Å². The molecule has 1 aliphatic rings. The molecular weight excluding hydrogens is 210 g/mol. The molecule has 0 bridgehead atoms. The van der Waals surface area contributed by atoms with Crippen molar-refractivity contribution in [3.8, 4) is 0 Å². The molecule has 1 heterocycles. The Labute approximate surface area is 92.4 Å². The Morgan fingerprint density at radius 2 is 1.75 bits per heavy atom. The number of likely N-dealkylation sites (tertiary alicyclic amines) is 1. The Kier molecular flexibility index (Phi) is 3.95. The van der Waals surface area contributed by atoms with Crippen molar-refractivity contribution in [1.82, 2.24) is 4.90 Å². The molecule has 5 heteroatoms. The summed E-state index contributed by atoms with van der Waals surface area (Å²) in [5, 5.41) is 0. The van der Waals surface area contributed by atoms with Crippen LogP contribution in [0, 0.1) is 0 Å². The smallest absolute Gasteiger partial charge is 0.234 e. The average Bonchev–Trinajstić information content (AvgIpc) is 2.60. The molecule has 0 aromatic carbocycles. The summed E-state index contributed by atoms with van der Waals surface area (Å²) in [6.45, 7) is 1.81. The largest absolute Gasteiger partial charge is 0.274 e. The minimum Gasteiger partial charge on any atom is -0.274 e. The van der Waals surface area contributed by atoms with Gasteiger partial charge in [0.2, 0.25) is 11.8 Å². The number of carbonyl (C=O) groups excluding carboxylic acids is 4. The summed E-state index contributed by atoms with van der Waals surface area (Å²) in [6.07, 6.45) is 1.06. The van der Waals surface area contributed by atoms with Gasteiger partial charge >= 0.3 is 0 Å². The topological polar surface area (TPSA) is 71.5 Å². The predicted molar refractivity (Wildman–Crippen MR) is 54.4 cm³/mol. The molecule has 1 aliphatic heterocycles. The molecule has 1 rings (SSSR count). The third-order valence-corrected chi connectivity index (χ3v) is 2.28. The van der Waals surface area contributed by atoms with Gasteiger partial charge < -0.3 is 0 Å². The van der Waals surface area contributed by atoms with E-state index in [-0.39, 0.29) is 24.1 Å². The molecule has 1 fully saturated rings. The van der Waals surface area contributed by atoms with Crippen molar-refractivity contribution in [2.45, 2.75) is 32.6 Å². The lowest BCUT2D eigenvalue weighted by Gasteiger charge is -2.14. The fourth-order valence-electron chi connectivity index (χ4n) is 1.54. The second-order valence-electron chi connectivity index (χ2n) is 3.40. The number of carbonyl (C=O) groups is 2. The highest BCUT2D eigenvalue weighted by Gasteiger charge is 2.34. The van der Waals surface area contributed by atoms with Gasteiger partial charge in [-0.25, -0.2) is 14.5 Å². The number of amides is 2. The van der Waals surface area contributed by atoms with Crippen LogP contribution in [0.3, 0.4) is 0 Å². The highest BCUT2D eigenvalue weighted by atomic mass is 16.2. The number of nitrogens with zero attached hydrogens (tertiary/aromatic N) is 1. The summed E-state index contributed by atoms with van der Waals surface area (Å²) < 4.78 is 0. The van der Waals surface area contributed by atoms with Gasteiger partial charge in [0, 0.05) is 12.8 Å². The number of allylic oxidation sites excluding steroid dienone is 1. The van der Waals surface area contributed by atoms with Crippen LogP contribution in [0.1, 0.15) is 32.6 Å². The van der Waals surface area contributed by atoms with Crippen LogP contribution in [0.15, 0.2) is 11.3 Å². The molecule has 0 unspecified atom stereocenters. The van der Waals surface area contributed by atoms with Crippen molar-refractivity contribution in [2.75, 3.05) is 0 Å². The standard InChI is InChI=1S/C11H11NO4/c1-2-3-8(6-13)9(7-14)12-10(15)4-5-11(12)16/h2-5H2,1H3. The fraction of sp³-hybridized carbons (Fsp3) is 0.455. The minimum atomic E-state index is -0.466. The lowest BCUT2D eigenvalue weighted by Crippen LogP contribution is -2.29. The van der Waals surface area contributed by atoms with Crippen LogP contribution < -0.4 is 0 Å². The van der Waals surface area contributed by atoms with Crippen molar-refractivity contribution in [3.05, 3.63) is 11.3 Å². The van der Waals surface area contributed by atoms with Gasteiger partial charge in [0.1, 0.15) is 5.94 Å². The molecular formula is C11H11NO4. The van der Waals surface area contributed by atoms with E-state index < -0.39 is 11.8 Å². The highest BCUT2D eigenvalue weighted by Crippen LogP contribution is 2.22. The van der Waals surface area contributed by atoms with Crippen molar-refractivity contribution < 1.29 is 19.2 Å². The summed E-state index contributed by atoms with van der Waals surface area (Å²) in [5.41, 5.74) is -0.245. The number of hydrogen-bond acceptors (Lipinski definition) is 4. The quantitative estimate of drug-likeness (QED) is 0.391. The van der Waals surface area contributed by atoms with Crippen LogP contribution in [0.2, 0.25) is 0 Å². The first-order valence-electron chi connectivity index (χ1n) is 5.01. The third-order valence-electron chi connectivity index (χ3n) is 2.28. The van der Waals surface area contributed by atoms with E-state index in [9.17, 15) is 19.2 Å². The molecule has 0 radical (unpaired) electrons. The van der Waals surface area contributed by atoms with Crippen LogP contribution in [0.25, 0.3) is 0 Å². The normalized spacial score (nSPS) is 14.7. The zero-order valence-electron chi connectivity index (χ0n) is 8.91. The molecule has 0 saturated carbocycles. The summed E-state index contributed by atoms with van der Waals surface area (Å²) in [5.74, 6) is 2.15. The van der Waals surface area contributed by atoms with Crippen molar-refractivity contribution in [3.63, 3.8) is 0 Å². The molecule has 0 N–H and O–H groups in total. The van der Waals surface area contributed by atoms with E-state index in [0.717, 1.165) is 4.90 Å².